The maximum atomic E-state index is 13.1. The van der Waals surface area contributed by atoms with E-state index in [9.17, 15) is 34.2 Å². The number of carboxylic acids is 2. The zero-order chi connectivity index (χ0) is 25.1. The number of amides is 3. The minimum Gasteiger partial charge on any atom is -0.481 e. The standard InChI is InChI=1S/C21H37N5O7/c1-12(2)10-15(20(31)26-9-5-7-16(26)21(32)33)25-19(30)14(11-17(27)28)24-18(29)13(23)6-3-4-8-22/h12-16H,3-11,22-23H2,1-2H3,(H,24,29)(H,25,30)(H,27,28)(H,32,33). The molecule has 0 saturated carbocycles. The first kappa shape index (κ1) is 28.3. The van der Waals surface area contributed by atoms with Crippen molar-refractivity contribution in [3.63, 3.8) is 0 Å². The first-order valence-corrected chi connectivity index (χ1v) is 11.3. The molecular formula is C21H37N5O7. The molecule has 1 rings (SSSR count). The van der Waals surface area contributed by atoms with Gasteiger partial charge in [-0.05, 0) is 44.6 Å². The topological polar surface area (TPSA) is 205 Å². The maximum absolute atomic E-state index is 13.1. The molecule has 0 spiro atoms. The van der Waals surface area contributed by atoms with Crippen LogP contribution >= 0.6 is 0 Å². The Morgan fingerprint density at radius 2 is 1.67 bits per heavy atom. The predicted octanol–water partition coefficient (Wildman–Crippen LogP) is -0.991. The molecule has 1 heterocycles. The van der Waals surface area contributed by atoms with Gasteiger partial charge in [-0.2, -0.15) is 0 Å². The van der Waals surface area contributed by atoms with Gasteiger partial charge in [0, 0.05) is 6.54 Å². The van der Waals surface area contributed by atoms with Crippen LogP contribution in [0.15, 0.2) is 0 Å². The van der Waals surface area contributed by atoms with E-state index in [1.807, 2.05) is 13.8 Å². The number of nitrogens with two attached hydrogens (primary N) is 2. The molecule has 12 heteroatoms. The molecule has 1 saturated heterocycles. The van der Waals surface area contributed by atoms with E-state index < -0.39 is 60.2 Å². The highest BCUT2D eigenvalue weighted by Gasteiger charge is 2.38. The lowest BCUT2D eigenvalue weighted by atomic mass is 10.0. The second-order valence-electron chi connectivity index (χ2n) is 8.77. The Hall–Kier alpha value is -2.73. The molecule has 0 aromatic rings. The third-order valence-corrected chi connectivity index (χ3v) is 5.46. The lowest BCUT2D eigenvalue weighted by molar-refractivity contribution is -0.150. The minimum atomic E-state index is -1.44. The lowest BCUT2D eigenvalue weighted by Gasteiger charge is -2.29. The summed E-state index contributed by atoms with van der Waals surface area (Å²) in [5.74, 6) is -4.51. The van der Waals surface area contributed by atoms with Crippen molar-refractivity contribution >= 4 is 29.7 Å². The van der Waals surface area contributed by atoms with Gasteiger partial charge < -0.3 is 37.2 Å². The zero-order valence-corrected chi connectivity index (χ0v) is 19.3. The van der Waals surface area contributed by atoms with Crippen LogP contribution in [0.4, 0.5) is 0 Å². The maximum Gasteiger partial charge on any atom is 0.326 e. The number of likely N-dealkylation sites (tertiary alicyclic amines) is 1. The van der Waals surface area contributed by atoms with E-state index in [4.69, 9.17) is 11.5 Å². The van der Waals surface area contributed by atoms with Crippen molar-refractivity contribution in [3.05, 3.63) is 0 Å². The number of unbranched alkanes of at least 4 members (excludes halogenated alkanes) is 1. The molecule has 33 heavy (non-hydrogen) atoms. The number of nitrogens with zero attached hydrogens (tertiary/aromatic N) is 1. The van der Waals surface area contributed by atoms with Gasteiger partial charge in [0.1, 0.15) is 18.1 Å². The third kappa shape index (κ3) is 9.34. The molecule has 1 aliphatic rings. The van der Waals surface area contributed by atoms with E-state index in [-0.39, 0.29) is 18.9 Å². The van der Waals surface area contributed by atoms with Gasteiger partial charge in [0.25, 0.3) is 0 Å². The Labute approximate surface area is 193 Å². The summed E-state index contributed by atoms with van der Waals surface area (Å²) in [7, 11) is 0. The second-order valence-corrected chi connectivity index (χ2v) is 8.77. The summed E-state index contributed by atoms with van der Waals surface area (Å²) in [6, 6.07) is -4.39. The van der Waals surface area contributed by atoms with Gasteiger partial charge in [0.2, 0.25) is 17.7 Å². The van der Waals surface area contributed by atoms with Gasteiger partial charge in [0.15, 0.2) is 0 Å². The van der Waals surface area contributed by atoms with Gasteiger partial charge in [-0.15, -0.1) is 0 Å². The summed E-state index contributed by atoms with van der Waals surface area (Å²) >= 11 is 0. The van der Waals surface area contributed by atoms with E-state index in [0.29, 0.717) is 38.6 Å². The first-order valence-electron chi connectivity index (χ1n) is 11.3. The van der Waals surface area contributed by atoms with Crippen LogP contribution in [0.1, 0.15) is 58.8 Å². The molecule has 8 N–H and O–H groups in total. The zero-order valence-electron chi connectivity index (χ0n) is 19.3. The fourth-order valence-electron chi connectivity index (χ4n) is 3.75. The van der Waals surface area contributed by atoms with E-state index in [1.165, 1.54) is 4.90 Å². The minimum absolute atomic E-state index is 0.0198. The van der Waals surface area contributed by atoms with Gasteiger partial charge >= 0.3 is 11.9 Å². The number of hydrogen-bond donors (Lipinski definition) is 6. The van der Waals surface area contributed by atoms with Crippen molar-refractivity contribution in [2.24, 2.45) is 17.4 Å². The van der Waals surface area contributed by atoms with Crippen LogP contribution in [-0.4, -0.2) is 82.0 Å². The van der Waals surface area contributed by atoms with Crippen LogP contribution in [0.25, 0.3) is 0 Å². The molecule has 0 radical (unpaired) electrons. The van der Waals surface area contributed by atoms with Gasteiger partial charge in [-0.25, -0.2) is 4.79 Å². The highest BCUT2D eigenvalue weighted by Crippen LogP contribution is 2.20. The Bertz CT molecular complexity index is 715. The molecule has 0 aromatic heterocycles. The molecule has 0 aliphatic carbocycles. The van der Waals surface area contributed by atoms with Crippen LogP contribution in [0.5, 0.6) is 0 Å². The molecule has 1 fully saturated rings. The summed E-state index contributed by atoms with van der Waals surface area (Å²) in [6.07, 6.45) is 1.98. The van der Waals surface area contributed by atoms with Gasteiger partial charge in [0.05, 0.1) is 12.5 Å². The molecule has 0 aromatic carbocycles. The monoisotopic (exact) mass is 471 g/mol. The number of aliphatic carboxylic acids is 2. The van der Waals surface area contributed by atoms with Crippen molar-refractivity contribution < 1.29 is 34.2 Å². The average molecular weight is 472 g/mol. The number of carboxylic acid groups (broad SMARTS) is 2. The second kappa shape index (κ2) is 13.7. The van der Waals surface area contributed by atoms with Crippen molar-refractivity contribution in [2.75, 3.05) is 13.1 Å². The predicted molar refractivity (Wildman–Crippen MR) is 119 cm³/mol. The van der Waals surface area contributed by atoms with E-state index >= 15 is 0 Å². The Balaban J connectivity index is 2.94. The van der Waals surface area contributed by atoms with E-state index in [0.717, 1.165) is 0 Å². The van der Waals surface area contributed by atoms with Crippen LogP contribution in [0, 0.1) is 5.92 Å². The molecule has 4 unspecified atom stereocenters. The Morgan fingerprint density at radius 1 is 1.03 bits per heavy atom. The normalized spacial score (nSPS) is 18.5. The van der Waals surface area contributed by atoms with E-state index in [1.54, 1.807) is 0 Å². The molecular weight excluding hydrogens is 434 g/mol. The van der Waals surface area contributed by atoms with Crippen molar-refractivity contribution in [1.82, 2.24) is 15.5 Å². The lowest BCUT2D eigenvalue weighted by Crippen LogP contribution is -2.57. The first-order chi connectivity index (χ1) is 15.5. The molecule has 188 valence electrons. The summed E-state index contributed by atoms with van der Waals surface area (Å²) in [6.45, 7) is 4.38. The van der Waals surface area contributed by atoms with Crippen molar-refractivity contribution in [1.29, 1.82) is 0 Å². The molecule has 1 aliphatic heterocycles. The number of hydrogen-bond acceptors (Lipinski definition) is 7. The van der Waals surface area contributed by atoms with Crippen molar-refractivity contribution in [3.8, 4) is 0 Å². The fraction of sp³-hybridized carbons (Fsp3) is 0.762. The number of rotatable bonds is 14. The number of nitrogens with one attached hydrogen (secondary N) is 2. The molecule has 0 bridgehead atoms. The highest BCUT2D eigenvalue weighted by atomic mass is 16.4. The van der Waals surface area contributed by atoms with Crippen LogP contribution in [0.2, 0.25) is 0 Å². The SMILES string of the molecule is CC(C)CC(NC(=O)C(CC(=O)O)NC(=O)C(N)CCCCN)C(=O)N1CCCC1C(=O)O. The quantitative estimate of drug-likeness (QED) is 0.172. The fourth-order valence-corrected chi connectivity index (χ4v) is 3.75. The highest BCUT2D eigenvalue weighted by molar-refractivity contribution is 5.95. The molecule has 4 atom stereocenters. The molecule has 3 amide bonds. The number of carbonyl (C=O) groups is 5. The average Bonchev–Trinajstić information content (AvgIpc) is 3.21. The van der Waals surface area contributed by atoms with Gasteiger partial charge in [-0.1, -0.05) is 20.3 Å². The van der Waals surface area contributed by atoms with Crippen LogP contribution in [0.3, 0.4) is 0 Å². The Kier molecular flexibility index (Phi) is 11.8. The Morgan fingerprint density at radius 3 is 2.21 bits per heavy atom. The summed E-state index contributed by atoms with van der Waals surface area (Å²) in [5.41, 5.74) is 11.2. The van der Waals surface area contributed by atoms with Crippen molar-refractivity contribution in [2.45, 2.75) is 83.0 Å². The third-order valence-electron chi connectivity index (χ3n) is 5.46. The summed E-state index contributed by atoms with van der Waals surface area (Å²) in [5, 5.41) is 23.5. The summed E-state index contributed by atoms with van der Waals surface area (Å²) < 4.78 is 0. The van der Waals surface area contributed by atoms with Gasteiger partial charge in [-0.3, -0.25) is 19.2 Å². The number of carbonyl (C=O) groups excluding carboxylic acids is 3. The van der Waals surface area contributed by atoms with Crippen LogP contribution in [-0.2, 0) is 24.0 Å². The largest absolute Gasteiger partial charge is 0.481 e. The smallest absolute Gasteiger partial charge is 0.326 e. The van der Waals surface area contributed by atoms with Crippen LogP contribution < -0.4 is 22.1 Å². The van der Waals surface area contributed by atoms with E-state index in [2.05, 4.69) is 10.6 Å². The summed E-state index contributed by atoms with van der Waals surface area (Å²) in [4.78, 5) is 62.3. The molecule has 12 nitrogen and oxygen atoms in total.